The lowest BCUT2D eigenvalue weighted by Gasteiger charge is -2.26. The van der Waals surface area contributed by atoms with Gasteiger partial charge >= 0.3 is 5.97 Å². The SMILES string of the molecule is COc1c(N2CCC(CNC3CC3)C2)c(F)c(N)c2c(=O)c(C(=O)O)cn([C@@H]3C[C@@H]3F)c12. The number of rotatable bonds is 7. The molecule has 2 heterocycles. The van der Waals surface area contributed by atoms with Crippen molar-refractivity contribution >= 4 is 28.2 Å². The largest absolute Gasteiger partial charge is 0.492 e. The zero-order valence-corrected chi connectivity index (χ0v) is 17.7. The fourth-order valence-electron chi connectivity index (χ4n) is 4.72. The Morgan fingerprint density at radius 1 is 1.38 bits per heavy atom. The fraction of sp³-hybridized carbons (Fsp3) is 0.545. The lowest BCUT2D eigenvalue weighted by molar-refractivity contribution is 0.0694. The van der Waals surface area contributed by atoms with Gasteiger partial charge < -0.3 is 30.4 Å². The quantitative estimate of drug-likeness (QED) is 0.558. The van der Waals surface area contributed by atoms with E-state index >= 15 is 4.39 Å². The number of nitrogen functional groups attached to an aromatic ring is 1. The number of carboxylic acid groups (broad SMARTS) is 1. The van der Waals surface area contributed by atoms with Crippen molar-refractivity contribution in [3.05, 3.63) is 27.8 Å². The molecule has 3 aliphatic rings. The number of aromatic nitrogens is 1. The van der Waals surface area contributed by atoms with Crippen LogP contribution < -0.4 is 26.1 Å². The maximum Gasteiger partial charge on any atom is 0.341 e. The average Bonchev–Trinajstić information content (AvgIpc) is 3.67. The van der Waals surface area contributed by atoms with Crippen molar-refractivity contribution in [3.63, 3.8) is 0 Å². The first-order chi connectivity index (χ1) is 15.3. The molecule has 2 aromatic rings. The molecule has 0 bridgehead atoms. The van der Waals surface area contributed by atoms with Crippen molar-refractivity contribution in [1.29, 1.82) is 0 Å². The van der Waals surface area contributed by atoms with Crippen LogP contribution in [0, 0.1) is 11.7 Å². The number of aromatic carboxylic acids is 1. The van der Waals surface area contributed by atoms with Crippen LogP contribution in [0.3, 0.4) is 0 Å². The smallest absolute Gasteiger partial charge is 0.341 e. The minimum absolute atomic E-state index is 0.0793. The molecular formula is C22H26F2N4O4. The summed E-state index contributed by atoms with van der Waals surface area (Å²) in [6.07, 6.45) is 3.34. The number of methoxy groups -OCH3 is 1. The third kappa shape index (κ3) is 3.37. The Bertz CT molecular complexity index is 1160. The standard InChI is InChI=1S/C22H26F2N4O4/c1-32-21-18-15(20(29)12(22(30)31)9-28(18)14-6-13(14)23)17(25)16(24)19(21)27-5-4-10(8-27)7-26-11-2-3-11/h9-11,13-14,26H,2-8,25H2,1H3,(H,30,31)/t10?,13-,14+/m0/s1. The van der Waals surface area contributed by atoms with Gasteiger partial charge in [0.05, 0.1) is 29.7 Å². The highest BCUT2D eigenvalue weighted by atomic mass is 19.1. The third-order valence-electron chi connectivity index (χ3n) is 6.73. The molecule has 0 amide bonds. The second-order valence-corrected chi connectivity index (χ2v) is 9.02. The summed E-state index contributed by atoms with van der Waals surface area (Å²) in [6.45, 7) is 2.01. The van der Waals surface area contributed by atoms with Crippen LogP contribution in [0.2, 0.25) is 0 Å². The Morgan fingerprint density at radius 3 is 2.69 bits per heavy atom. The monoisotopic (exact) mass is 448 g/mol. The molecule has 1 aliphatic heterocycles. The topological polar surface area (TPSA) is 110 Å². The normalized spacial score (nSPS) is 24.8. The van der Waals surface area contributed by atoms with E-state index in [2.05, 4.69) is 5.32 Å². The molecule has 172 valence electrons. The number of hydrogen-bond acceptors (Lipinski definition) is 6. The molecule has 2 saturated carbocycles. The van der Waals surface area contributed by atoms with Crippen molar-refractivity contribution in [2.45, 2.75) is 43.9 Å². The van der Waals surface area contributed by atoms with E-state index in [0.29, 0.717) is 25.0 Å². The molecule has 8 nitrogen and oxygen atoms in total. The zero-order valence-electron chi connectivity index (χ0n) is 17.7. The molecule has 1 aromatic heterocycles. The Balaban J connectivity index is 1.66. The minimum atomic E-state index is -1.48. The number of pyridine rings is 1. The van der Waals surface area contributed by atoms with Crippen LogP contribution in [-0.2, 0) is 0 Å². The number of carbonyl (C=O) groups is 1. The van der Waals surface area contributed by atoms with Gasteiger partial charge in [0.2, 0.25) is 5.43 Å². The number of nitrogens with one attached hydrogen (secondary N) is 1. The Morgan fingerprint density at radius 2 is 2.09 bits per heavy atom. The van der Waals surface area contributed by atoms with Gasteiger partial charge in [-0.2, -0.15) is 0 Å². The lowest BCUT2D eigenvalue weighted by atomic mass is 10.1. The van der Waals surface area contributed by atoms with Crippen LogP contribution in [0.25, 0.3) is 10.9 Å². The third-order valence-corrected chi connectivity index (χ3v) is 6.73. The average molecular weight is 448 g/mol. The highest BCUT2D eigenvalue weighted by molar-refractivity contribution is 6.03. The number of ether oxygens (including phenoxy) is 1. The van der Waals surface area contributed by atoms with Crippen molar-refractivity contribution < 1.29 is 23.4 Å². The molecule has 3 fully saturated rings. The van der Waals surface area contributed by atoms with Gasteiger partial charge in [0.15, 0.2) is 11.6 Å². The molecule has 4 N–H and O–H groups in total. The van der Waals surface area contributed by atoms with E-state index < -0.39 is 40.7 Å². The number of anilines is 2. The summed E-state index contributed by atoms with van der Waals surface area (Å²) >= 11 is 0. The van der Waals surface area contributed by atoms with Crippen LogP contribution in [0.1, 0.15) is 42.1 Å². The summed E-state index contributed by atoms with van der Waals surface area (Å²) in [6, 6.07) is -0.0754. The van der Waals surface area contributed by atoms with Gasteiger partial charge in [-0.05, 0) is 31.7 Å². The molecule has 1 saturated heterocycles. The van der Waals surface area contributed by atoms with Crippen molar-refractivity contribution in [2.75, 3.05) is 37.4 Å². The number of fused-ring (bicyclic) bond motifs is 1. The number of benzene rings is 1. The first-order valence-electron chi connectivity index (χ1n) is 10.9. The van der Waals surface area contributed by atoms with Gasteiger partial charge in [-0.15, -0.1) is 0 Å². The molecule has 0 spiro atoms. The summed E-state index contributed by atoms with van der Waals surface area (Å²) in [4.78, 5) is 26.4. The Hall–Kier alpha value is -2.88. The number of halogens is 2. The van der Waals surface area contributed by atoms with Crippen molar-refractivity contribution in [2.24, 2.45) is 5.92 Å². The van der Waals surface area contributed by atoms with Gasteiger partial charge in [0.25, 0.3) is 0 Å². The van der Waals surface area contributed by atoms with E-state index in [0.717, 1.165) is 19.2 Å². The van der Waals surface area contributed by atoms with E-state index in [-0.39, 0.29) is 28.8 Å². The van der Waals surface area contributed by atoms with E-state index in [9.17, 15) is 19.1 Å². The molecule has 3 atom stereocenters. The number of alkyl halides is 1. The maximum absolute atomic E-state index is 15.6. The number of nitrogens with zero attached hydrogens (tertiary/aromatic N) is 2. The number of hydrogen-bond donors (Lipinski definition) is 3. The molecule has 1 unspecified atom stereocenters. The van der Waals surface area contributed by atoms with Crippen molar-refractivity contribution in [3.8, 4) is 5.75 Å². The van der Waals surface area contributed by atoms with Crippen LogP contribution in [0.5, 0.6) is 5.75 Å². The Kier molecular flexibility index (Phi) is 4.99. The first-order valence-corrected chi connectivity index (χ1v) is 10.9. The van der Waals surface area contributed by atoms with Crippen molar-refractivity contribution in [1.82, 2.24) is 9.88 Å². The minimum Gasteiger partial charge on any atom is -0.492 e. The molecule has 1 aromatic carbocycles. The molecule has 2 aliphatic carbocycles. The predicted molar refractivity (Wildman–Crippen MR) is 116 cm³/mol. The number of nitrogens with two attached hydrogens (primary N) is 1. The summed E-state index contributed by atoms with van der Waals surface area (Å²) in [5.41, 5.74) is 4.43. The summed E-state index contributed by atoms with van der Waals surface area (Å²) in [7, 11) is 1.36. The van der Waals surface area contributed by atoms with Crippen LogP contribution in [0.4, 0.5) is 20.2 Å². The van der Waals surface area contributed by atoms with Crippen LogP contribution in [-0.4, -0.2) is 54.6 Å². The molecular weight excluding hydrogens is 422 g/mol. The van der Waals surface area contributed by atoms with Crippen LogP contribution >= 0.6 is 0 Å². The zero-order chi connectivity index (χ0) is 22.7. The molecule has 32 heavy (non-hydrogen) atoms. The van der Waals surface area contributed by atoms with Gasteiger partial charge in [0.1, 0.15) is 17.4 Å². The highest BCUT2D eigenvalue weighted by Gasteiger charge is 2.42. The Labute approximate surface area is 182 Å². The van der Waals surface area contributed by atoms with E-state index in [4.69, 9.17) is 10.5 Å². The van der Waals surface area contributed by atoms with E-state index in [1.807, 2.05) is 4.90 Å². The van der Waals surface area contributed by atoms with E-state index in [1.54, 1.807) is 0 Å². The maximum atomic E-state index is 15.6. The summed E-state index contributed by atoms with van der Waals surface area (Å²) < 4.78 is 36.6. The predicted octanol–water partition coefficient (Wildman–Crippen LogP) is 2.29. The van der Waals surface area contributed by atoms with Gasteiger partial charge in [-0.3, -0.25) is 4.79 Å². The van der Waals surface area contributed by atoms with Crippen LogP contribution in [0.15, 0.2) is 11.0 Å². The van der Waals surface area contributed by atoms with Gasteiger partial charge in [0, 0.05) is 31.7 Å². The molecule has 0 radical (unpaired) electrons. The molecule has 10 heteroatoms. The summed E-state index contributed by atoms with van der Waals surface area (Å²) in [5, 5.41) is 12.7. The summed E-state index contributed by atoms with van der Waals surface area (Å²) in [5.74, 6) is -1.89. The lowest BCUT2D eigenvalue weighted by Crippen LogP contribution is -2.29. The molecule has 5 rings (SSSR count). The second kappa shape index (κ2) is 7.61. The van der Waals surface area contributed by atoms with Gasteiger partial charge in [-0.25, -0.2) is 13.6 Å². The van der Waals surface area contributed by atoms with E-state index in [1.165, 1.54) is 24.5 Å². The highest BCUT2D eigenvalue weighted by Crippen LogP contribution is 2.47. The van der Waals surface area contributed by atoms with Gasteiger partial charge in [-0.1, -0.05) is 0 Å². The first kappa shape index (κ1) is 21.0. The second-order valence-electron chi connectivity index (χ2n) is 9.02. The fourth-order valence-corrected chi connectivity index (χ4v) is 4.72. The number of carboxylic acids is 1.